The zero-order valence-corrected chi connectivity index (χ0v) is 9.34. The van der Waals surface area contributed by atoms with Gasteiger partial charge < -0.3 is 15.1 Å². The molecular formula is C10H15ClN2O2. The lowest BCUT2D eigenvalue weighted by atomic mass is 10.0. The van der Waals surface area contributed by atoms with E-state index in [4.69, 9.17) is 4.42 Å². The standard InChI is InChI=1S/C10H14N2O2.ClH/c1-7(8-2-3-14-6-8)12-10(13)9-4-11-5-9;/h2-3,6-7,9,11H,4-5H2,1H3,(H,12,13);1H. The first-order chi connectivity index (χ1) is 6.77. The normalized spacial score (nSPS) is 17.4. The Morgan fingerprint density at radius 1 is 1.67 bits per heavy atom. The molecule has 1 aromatic rings. The summed E-state index contributed by atoms with van der Waals surface area (Å²) >= 11 is 0. The molecule has 1 atom stereocenters. The van der Waals surface area contributed by atoms with E-state index in [0.717, 1.165) is 18.7 Å². The Bertz CT molecular complexity index is 309. The lowest BCUT2D eigenvalue weighted by Crippen LogP contribution is -2.51. The molecule has 1 fully saturated rings. The first-order valence-corrected chi connectivity index (χ1v) is 4.80. The number of carbonyl (C=O) groups excluding carboxylic acids is 1. The van der Waals surface area contributed by atoms with E-state index in [1.165, 1.54) is 0 Å². The van der Waals surface area contributed by atoms with Crippen LogP contribution in [0.5, 0.6) is 0 Å². The predicted molar refractivity (Wildman–Crippen MR) is 58.9 cm³/mol. The van der Waals surface area contributed by atoms with Crippen molar-refractivity contribution < 1.29 is 9.21 Å². The molecule has 1 amide bonds. The molecule has 2 heterocycles. The fourth-order valence-electron chi connectivity index (χ4n) is 1.41. The smallest absolute Gasteiger partial charge is 0.226 e. The summed E-state index contributed by atoms with van der Waals surface area (Å²) in [5.74, 6) is 0.266. The zero-order valence-electron chi connectivity index (χ0n) is 8.53. The Morgan fingerprint density at radius 3 is 2.87 bits per heavy atom. The van der Waals surface area contributed by atoms with E-state index in [1.807, 2.05) is 13.0 Å². The number of halogens is 1. The highest BCUT2D eigenvalue weighted by atomic mass is 35.5. The van der Waals surface area contributed by atoms with E-state index in [1.54, 1.807) is 12.5 Å². The average Bonchev–Trinajstić information content (AvgIpc) is 2.51. The Kier molecular flexibility index (Phi) is 4.17. The highest BCUT2D eigenvalue weighted by molar-refractivity contribution is 5.85. The van der Waals surface area contributed by atoms with Crippen molar-refractivity contribution in [1.29, 1.82) is 0 Å². The third-order valence-corrected chi connectivity index (χ3v) is 2.55. The molecule has 2 rings (SSSR count). The summed E-state index contributed by atoms with van der Waals surface area (Å²) in [6, 6.07) is 1.89. The van der Waals surface area contributed by atoms with Crippen molar-refractivity contribution in [1.82, 2.24) is 10.6 Å². The summed E-state index contributed by atoms with van der Waals surface area (Å²) < 4.78 is 4.95. The van der Waals surface area contributed by atoms with E-state index < -0.39 is 0 Å². The number of rotatable bonds is 3. The van der Waals surface area contributed by atoms with Gasteiger partial charge in [-0.25, -0.2) is 0 Å². The minimum Gasteiger partial charge on any atom is -0.472 e. The highest BCUT2D eigenvalue weighted by Gasteiger charge is 2.25. The largest absolute Gasteiger partial charge is 0.472 e. The van der Waals surface area contributed by atoms with Crippen LogP contribution >= 0.6 is 12.4 Å². The predicted octanol–water partition coefficient (Wildman–Crippen LogP) is 1.10. The molecule has 1 unspecified atom stereocenters. The third-order valence-electron chi connectivity index (χ3n) is 2.55. The van der Waals surface area contributed by atoms with E-state index >= 15 is 0 Å². The van der Waals surface area contributed by atoms with Crippen LogP contribution in [0.2, 0.25) is 0 Å². The average molecular weight is 231 g/mol. The summed E-state index contributed by atoms with van der Waals surface area (Å²) in [6.45, 7) is 3.54. The first kappa shape index (κ1) is 12.1. The van der Waals surface area contributed by atoms with Gasteiger partial charge in [-0.05, 0) is 13.0 Å². The van der Waals surface area contributed by atoms with Crippen LogP contribution < -0.4 is 10.6 Å². The van der Waals surface area contributed by atoms with Crippen LogP contribution in [0.4, 0.5) is 0 Å². The second kappa shape index (κ2) is 5.19. The molecule has 4 nitrogen and oxygen atoms in total. The molecule has 15 heavy (non-hydrogen) atoms. The molecule has 0 bridgehead atoms. The van der Waals surface area contributed by atoms with Gasteiger partial charge >= 0.3 is 0 Å². The van der Waals surface area contributed by atoms with Crippen molar-refractivity contribution in [3.8, 4) is 0 Å². The van der Waals surface area contributed by atoms with Gasteiger partial charge in [0.1, 0.15) is 0 Å². The highest BCUT2D eigenvalue weighted by Crippen LogP contribution is 2.13. The Hall–Kier alpha value is -1.00. The van der Waals surface area contributed by atoms with Gasteiger partial charge in [-0.3, -0.25) is 4.79 Å². The van der Waals surface area contributed by atoms with Gasteiger partial charge in [0.15, 0.2) is 0 Å². The van der Waals surface area contributed by atoms with Crippen LogP contribution in [0.3, 0.4) is 0 Å². The van der Waals surface area contributed by atoms with Crippen LogP contribution in [0.1, 0.15) is 18.5 Å². The zero-order chi connectivity index (χ0) is 9.97. The number of carbonyl (C=O) groups is 1. The maximum Gasteiger partial charge on any atom is 0.226 e. The van der Waals surface area contributed by atoms with Gasteiger partial charge in [0.25, 0.3) is 0 Å². The van der Waals surface area contributed by atoms with Gasteiger partial charge in [0.05, 0.1) is 24.5 Å². The summed E-state index contributed by atoms with van der Waals surface area (Å²) in [5, 5.41) is 6.02. The minimum atomic E-state index is 0. The Balaban J connectivity index is 0.00000112. The third kappa shape index (κ3) is 2.73. The fraction of sp³-hybridized carbons (Fsp3) is 0.500. The van der Waals surface area contributed by atoms with Gasteiger partial charge in [-0.15, -0.1) is 12.4 Å². The molecule has 1 aromatic heterocycles. The molecule has 0 aliphatic carbocycles. The molecule has 0 aromatic carbocycles. The number of hydrogen-bond donors (Lipinski definition) is 2. The van der Waals surface area contributed by atoms with Crippen molar-refractivity contribution >= 4 is 18.3 Å². The van der Waals surface area contributed by atoms with Gasteiger partial charge in [-0.2, -0.15) is 0 Å². The van der Waals surface area contributed by atoms with Gasteiger partial charge in [0, 0.05) is 18.7 Å². The second-order valence-corrected chi connectivity index (χ2v) is 3.64. The van der Waals surface area contributed by atoms with Gasteiger partial charge in [0.2, 0.25) is 5.91 Å². The summed E-state index contributed by atoms with van der Waals surface area (Å²) in [6.07, 6.45) is 3.27. The maximum absolute atomic E-state index is 11.5. The summed E-state index contributed by atoms with van der Waals surface area (Å²) in [4.78, 5) is 11.5. The van der Waals surface area contributed by atoms with Crippen LogP contribution in [-0.2, 0) is 4.79 Å². The molecule has 5 heteroatoms. The lowest BCUT2D eigenvalue weighted by molar-refractivity contribution is -0.127. The lowest BCUT2D eigenvalue weighted by Gasteiger charge is -2.27. The number of nitrogens with one attached hydrogen (secondary N) is 2. The van der Waals surface area contributed by atoms with Crippen molar-refractivity contribution in [2.24, 2.45) is 5.92 Å². The SMILES string of the molecule is CC(NC(=O)C1CNC1)c1ccoc1.Cl. The first-order valence-electron chi connectivity index (χ1n) is 4.80. The van der Waals surface area contributed by atoms with E-state index in [2.05, 4.69) is 10.6 Å². The van der Waals surface area contributed by atoms with Crippen molar-refractivity contribution in [3.63, 3.8) is 0 Å². The maximum atomic E-state index is 11.5. The van der Waals surface area contributed by atoms with Crippen LogP contribution in [-0.4, -0.2) is 19.0 Å². The van der Waals surface area contributed by atoms with Crippen LogP contribution in [0.25, 0.3) is 0 Å². The molecular weight excluding hydrogens is 216 g/mol. The van der Waals surface area contributed by atoms with Crippen molar-refractivity contribution in [2.45, 2.75) is 13.0 Å². The summed E-state index contributed by atoms with van der Waals surface area (Å²) in [7, 11) is 0. The molecule has 1 saturated heterocycles. The second-order valence-electron chi connectivity index (χ2n) is 3.64. The van der Waals surface area contributed by atoms with Crippen LogP contribution in [0.15, 0.2) is 23.0 Å². The Labute approximate surface area is 94.8 Å². The monoisotopic (exact) mass is 230 g/mol. The topological polar surface area (TPSA) is 54.3 Å². The van der Waals surface area contributed by atoms with Crippen molar-refractivity contribution in [3.05, 3.63) is 24.2 Å². The quantitative estimate of drug-likeness (QED) is 0.818. The van der Waals surface area contributed by atoms with Crippen molar-refractivity contribution in [2.75, 3.05) is 13.1 Å². The molecule has 1 aliphatic heterocycles. The minimum absolute atomic E-state index is 0. The van der Waals surface area contributed by atoms with E-state index in [0.29, 0.717) is 0 Å². The molecule has 84 valence electrons. The fourth-order valence-corrected chi connectivity index (χ4v) is 1.41. The molecule has 1 aliphatic rings. The van der Waals surface area contributed by atoms with Gasteiger partial charge in [-0.1, -0.05) is 0 Å². The Morgan fingerprint density at radius 2 is 2.40 bits per heavy atom. The van der Waals surface area contributed by atoms with Crippen LogP contribution in [0, 0.1) is 5.92 Å². The van der Waals surface area contributed by atoms with E-state index in [-0.39, 0.29) is 30.3 Å². The number of amides is 1. The van der Waals surface area contributed by atoms with E-state index in [9.17, 15) is 4.79 Å². The molecule has 0 saturated carbocycles. The molecule has 0 spiro atoms. The molecule has 0 radical (unpaired) electrons. The molecule has 2 N–H and O–H groups in total. The number of hydrogen-bond acceptors (Lipinski definition) is 3. The number of furan rings is 1. The summed E-state index contributed by atoms with van der Waals surface area (Å²) in [5.41, 5.74) is 1.01.